The number of carbonyl (C=O) groups excluding carboxylic acids is 2. The van der Waals surface area contributed by atoms with Gasteiger partial charge in [0.25, 0.3) is 5.91 Å². The van der Waals surface area contributed by atoms with Crippen LogP contribution in [-0.4, -0.2) is 60.4 Å². The molecule has 28 heavy (non-hydrogen) atoms. The van der Waals surface area contributed by atoms with Gasteiger partial charge in [-0.1, -0.05) is 18.2 Å². The second kappa shape index (κ2) is 8.32. The quantitative estimate of drug-likeness (QED) is 0.837. The molecule has 0 spiro atoms. The molecule has 0 bridgehead atoms. The van der Waals surface area contributed by atoms with Gasteiger partial charge >= 0.3 is 0 Å². The molecule has 6 nitrogen and oxygen atoms in total. The number of amides is 2. The average Bonchev–Trinajstić information content (AvgIpc) is 3.39. The summed E-state index contributed by atoms with van der Waals surface area (Å²) in [5.74, 6) is 0.812. The molecule has 0 aliphatic carbocycles. The van der Waals surface area contributed by atoms with Gasteiger partial charge in [-0.2, -0.15) is 0 Å². The van der Waals surface area contributed by atoms with Gasteiger partial charge in [0.15, 0.2) is 0 Å². The van der Waals surface area contributed by atoms with Gasteiger partial charge in [-0.25, -0.2) is 0 Å². The number of hydrogen-bond acceptors (Lipinski definition) is 5. The van der Waals surface area contributed by atoms with Crippen molar-refractivity contribution in [1.29, 1.82) is 0 Å². The maximum atomic E-state index is 12.7. The van der Waals surface area contributed by atoms with Crippen molar-refractivity contribution < 1.29 is 14.3 Å². The number of piperazine rings is 1. The second-order valence-corrected chi connectivity index (χ2v) is 8.26. The van der Waals surface area contributed by atoms with Crippen molar-refractivity contribution in [2.75, 3.05) is 32.8 Å². The zero-order valence-corrected chi connectivity index (χ0v) is 16.8. The van der Waals surface area contributed by atoms with Crippen LogP contribution in [0.5, 0.6) is 5.75 Å². The number of thiophene rings is 1. The molecule has 0 saturated carbocycles. The lowest BCUT2D eigenvalue weighted by atomic mass is 10.1. The Kier molecular flexibility index (Phi) is 5.64. The van der Waals surface area contributed by atoms with Crippen molar-refractivity contribution in [3.8, 4) is 5.75 Å². The SMILES string of the molecule is CC(NC(=O)c1cccs1)C(=O)N1CCN(Cc2ccc3c(c2)CCO3)CC1. The summed E-state index contributed by atoms with van der Waals surface area (Å²) in [6.45, 7) is 6.47. The third-order valence-corrected chi connectivity index (χ3v) is 6.18. The van der Waals surface area contributed by atoms with E-state index in [1.807, 2.05) is 16.3 Å². The Morgan fingerprint density at radius 2 is 2.04 bits per heavy atom. The monoisotopic (exact) mass is 399 g/mol. The van der Waals surface area contributed by atoms with E-state index in [0.29, 0.717) is 18.0 Å². The van der Waals surface area contributed by atoms with E-state index in [1.54, 1.807) is 13.0 Å². The summed E-state index contributed by atoms with van der Waals surface area (Å²) in [6.07, 6.45) is 0.987. The van der Waals surface area contributed by atoms with E-state index in [0.717, 1.165) is 38.4 Å². The number of hydrogen-bond donors (Lipinski definition) is 1. The van der Waals surface area contributed by atoms with Gasteiger partial charge in [0.2, 0.25) is 5.91 Å². The molecule has 7 heteroatoms. The predicted octanol–water partition coefficient (Wildman–Crippen LogP) is 2.15. The number of rotatable bonds is 5. The van der Waals surface area contributed by atoms with E-state index in [1.165, 1.54) is 22.5 Å². The minimum atomic E-state index is -0.516. The van der Waals surface area contributed by atoms with Crippen LogP contribution in [0.25, 0.3) is 0 Å². The Morgan fingerprint density at radius 1 is 1.21 bits per heavy atom. The molecule has 1 atom stereocenters. The molecule has 0 radical (unpaired) electrons. The molecular formula is C21H25N3O3S. The Bertz CT molecular complexity index is 845. The van der Waals surface area contributed by atoms with Crippen molar-refractivity contribution in [2.24, 2.45) is 0 Å². The summed E-state index contributed by atoms with van der Waals surface area (Å²) >= 11 is 1.38. The smallest absolute Gasteiger partial charge is 0.261 e. The molecule has 1 unspecified atom stereocenters. The number of nitrogens with one attached hydrogen (secondary N) is 1. The summed E-state index contributed by atoms with van der Waals surface area (Å²) in [6, 6.07) is 9.51. The molecule has 3 heterocycles. The lowest BCUT2D eigenvalue weighted by Gasteiger charge is -2.36. The van der Waals surface area contributed by atoms with Crippen LogP contribution in [0.2, 0.25) is 0 Å². The number of carbonyl (C=O) groups is 2. The third kappa shape index (κ3) is 4.20. The van der Waals surface area contributed by atoms with Crippen molar-refractivity contribution in [1.82, 2.24) is 15.1 Å². The van der Waals surface area contributed by atoms with Gasteiger partial charge < -0.3 is 15.0 Å². The molecule has 1 N–H and O–H groups in total. The van der Waals surface area contributed by atoms with Crippen LogP contribution in [-0.2, 0) is 17.8 Å². The normalized spacial score (nSPS) is 17.7. The minimum absolute atomic E-state index is 0.0146. The predicted molar refractivity (Wildman–Crippen MR) is 109 cm³/mol. The number of fused-ring (bicyclic) bond motifs is 1. The van der Waals surface area contributed by atoms with Crippen molar-refractivity contribution in [3.63, 3.8) is 0 Å². The highest BCUT2D eigenvalue weighted by molar-refractivity contribution is 7.12. The Morgan fingerprint density at radius 3 is 2.79 bits per heavy atom. The molecule has 2 aliphatic rings. The minimum Gasteiger partial charge on any atom is -0.493 e. The second-order valence-electron chi connectivity index (χ2n) is 7.31. The molecule has 1 aromatic carbocycles. The lowest BCUT2D eigenvalue weighted by Crippen LogP contribution is -2.53. The molecule has 1 saturated heterocycles. The van der Waals surface area contributed by atoms with Crippen LogP contribution in [0.15, 0.2) is 35.7 Å². The molecule has 1 aromatic heterocycles. The largest absolute Gasteiger partial charge is 0.493 e. The van der Waals surface area contributed by atoms with Crippen molar-refractivity contribution >= 4 is 23.2 Å². The Hall–Kier alpha value is -2.38. The van der Waals surface area contributed by atoms with Crippen molar-refractivity contribution in [3.05, 3.63) is 51.7 Å². The van der Waals surface area contributed by atoms with Gasteiger partial charge in [-0.3, -0.25) is 14.5 Å². The highest BCUT2D eigenvalue weighted by Gasteiger charge is 2.26. The van der Waals surface area contributed by atoms with E-state index >= 15 is 0 Å². The fraction of sp³-hybridized carbons (Fsp3) is 0.429. The fourth-order valence-electron chi connectivity index (χ4n) is 3.73. The molecule has 1 fully saturated rings. The highest BCUT2D eigenvalue weighted by atomic mass is 32.1. The summed E-state index contributed by atoms with van der Waals surface area (Å²) in [5, 5.41) is 4.66. The van der Waals surface area contributed by atoms with E-state index in [-0.39, 0.29) is 11.8 Å². The van der Waals surface area contributed by atoms with E-state index in [4.69, 9.17) is 4.74 Å². The van der Waals surface area contributed by atoms with Gasteiger partial charge in [-0.05, 0) is 35.6 Å². The van der Waals surface area contributed by atoms with E-state index in [2.05, 4.69) is 28.4 Å². The standard InChI is InChI=1S/C21H25N3O3S/c1-15(22-20(25)19-3-2-12-28-19)21(26)24-9-7-23(8-10-24)14-16-4-5-18-17(13-16)6-11-27-18/h2-5,12-13,15H,6-11,14H2,1H3,(H,22,25). The van der Waals surface area contributed by atoms with E-state index in [9.17, 15) is 9.59 Å². The first kappa shape index (κ1) is 19.0. The van der Waals surface area contributed by atoms with E-state index < -0.39 is 6.04 Å². The maximum absolute atomic E-state index is 12.7. The van der Waals surface area contributed by atoms with Crippen LogP contribution in [0.1, 0.15) is 27.7 Å². The first-order chi connectivity index (χ1) is 13.6. The topological polar surface area (TPSA) is 61.9 Å². The molecule has 2 amide bonds. The molecule has 2 aromatic rings. The van der Waals surface area contributed by atoms with Crippen LogP contribution >= 0.6 is 11.3 Å². The van der Waals surface area contributed by atoms with Gasteiger partial charge in [0.05, 0.1) is 11.5 Å². The third-order valence-electron chi connectivity index (χ3n) is 5.31. The van der Waals surface area contributed by atoms with Crippen LogP contribution < -0.4 is 10.1 Å². The molecule has 4 rings (SSSR count). The molecule has 2 aliphatic heterocycles. The Balaban J connectivity index is 1.26. The van der Waals surface area contributed by atoms with Gasteiger partial charge in [0.1, 0.15) is 11.8 Å². The number of benzene rings is 1. The lowest BCUT2D eigenvalue weighted by molar-refractivity contribution is -0.134. The zero-order valence-electron chi connectivity index (χ0n) is 16.0. The summed E-state index contributed by atoms with van der Waals surface area (Å²) in [4.78, 5) is 29.7. The van der Waals surface area contributed by atoms with Crippen LogP contribution in [0.4, 0.5) is 0 Å². The van der Waals surface area contributed by atoms with Crippen molar-refractivity contribution in [2.45, 2.75) is 25.9 Å². The van der Waals surface area contributed by atoms with Crippen LogP contribution in [0, 0.1) is 0 Å². The van der Waals surface area contributed by atoms with Crippen LogP contribution in [0.3, 0.4) is 0 Å². The van der Waals surface area contributed by atoms with Gasteiger partial charge in [-0.15, -0.1) is 11.3 Å². The molecular weight excluding hydrogens is 374 g/mol. The fourth-order valence-corrected chi connectivity index (χ4v) is 4.36. The summed E-state index contributed by atoms with van der Waals surface area (Å²) in [7, 11) is 0. The number of ether oxygens (including phenoxy) is 1. The van der Waals surface area contributed by atoms with Gasteiger partial charge in [0, 0.05) is 39.1 Å². The maximum Gasteiger partial charge on any atom is 0.261 e. The first-order valence-corrected chi connectivity index (χ1v) is 10.6. The molecule has 148 valence electrons. The Labute approximate surface area is 169 Å². The highest BCUT2D eigenvalue weighted by Crippen LogP contribution is 2.26. The summed E-state index contributed by atoms with van der Waals surface area (Å²) in [5.41, 5.74) is 2.59. The summed E-state index contributed by atoms with van der Waals surface area (Å²) < 4.78 is 5.57. The average molecular weight is 400 g/mol. The zero-order chi connectivity index (χ0) is 19.5. The number of nitrogens with zero attached hydrogens (tertiary/aromatic N) is 2. The first-order valence-electron chi connectivity index (χ1n) is 9.70.